The zero-order chi connectivity index (χ0) is 17.4. The summed E-state index contributed by atoms with van der Waals surface area (Å²) in [4.78, 5) is 33.1. The second-order valence-electron chi connectivity index (χ2n) is 4.53. The third kappa shape index (κ3) is 5.30. The average molecular weight is 330 g/mol. The molecule has 0 bridgehead atoms. The summed E-state index contributed by atoms with van der Waals surface area (Å²) in [5.74, 6) is -0.0133. The average Bonchev–Trinajstić information content (AvgIpc) is 2.59. The maximum absolute atomic E-state index is 11.6. The van der Waals surface area contributed by atoms with E-state index >= 15 is 0 Å². The quantitative estimate of drug-likeness (QED) is 0.570. The van der Waals surface area contributed by atoms with Gasteiger partial charge in [0.2, 0.25) is 0 Å². The van der Waals surface area contributed by atoms with E-state index in [0.29, 0.717) is 11.4 Å². The number of urea groups is 1. The first-order valence-electron chi connectivity index (χ1n) is 6.83. The van der Waals surface area contributed by atoms with Gasteiger partial charge in [-0.3, -0.25) is 20.3 Å². The SMILES string of the molecule is O=C(COc1ccccc1)NNC(=O)Nc1ccc([N+](=O)[O-])cc1. The molecule has 0 radical (unpaired) electrons. The summed E-state index contributed by atoms with van der Waals surface area (Å²) in [7, 11) is 0. The molecular weight excluding hydrogens is 316 g/mol. The summed E-state index contributed by atoms with van der Waals surface area (Å²) in [6.07, 6.45) is 0. The van der Waals surface area contributed by atoms with E-state index < -0.39 is 16.9 Å². The van der Waals surface area contributed by atoms with E-state index in [0.717, 1.165) is 0 Å². The smallest absolute Gasteiger partial charge is 0.337 e. The molecule has 0 saturated heterocycles. The predicted octanol–water partition coefficient (Wildman–Crippen LogP) is 1.83. The van der Waals surface area contributed by atoms with E-state index in [4.69, 9.17) is 4.74 Å². The van der Waals surface area contributed by atoms with Crippen LogP contribution in [0.1, 0.15) is 0 Å². The molecule has 0 fully saturated rings. The van der Waals surface area contributed by atoms with Crippen molar-refractivity contribution in [3.8, 4) is 5.75 Å². The monoisotopic (exact) mass is 330 g/mol. The lowest BCUT2D eigenvalue weighted by atomic mass is 10.3. The molecule has 2 rings (SSSR count). The summed E-state index contributed by atoms with van der Waals surface area (Å²) >= 11 is 0. The number of carbonyl (C=O) groups excluding carboxylic acids is 2. The topological polar surface area (TPSA) is 123 Å². The van der Waals surface area contributed by atoms with Crippen molar-refractivity contribution >= 4 is 23.3 Å². The minimum atomic E-state index is -0.697. The number of non-ortho nitro benzene ring substituents is 1. The number of hydrogen-bond acceptors (Lipinski definition) is 5. The summed E-state index contributed by atoms with van der Waals surface area (Å²) in [5.41, 5.74) is 4.56. The van der Waals surface area contributed by atoms with Crippen LogP contribution in [-0.4, -0.2) is 23.5 Å². The van der Waals surface area contributed by atoms with Gasteiger partial charge in [-0.2, -0.15) is 0 Å². The maximum atomic E-state index is 11.6. The molecular formula is C15H14N4O5. The number of carbonyl (C=O) groups is 2. The van der Waals surface area contributed by atoms with E-state index in [1.54, 1.807) is 24.3 Å². The van der Waals surface area contributed by atoms with Gasteiger partial charge in [-0.25, -0.2) is 10.2 Å². The second kappa shape index (κ2) is 8.13. The molecule has 124 valence electrons. The molecule has 0 spiro atoms. The number of anilines is 1. The van der Waals surface area contributed by atoms with Crippen molar-refractivity contribution in [2.24, 2.45) is 0 Å². The van der Waals surface area contributed by atoms with E-state index in [9.17, 15) is 19.7 Å². The minimum Gasteiger partial charge on any atom is -0.484 e. The molecule has 0 aromatic heterocycles. The number of nitro benzene ring substituents is 1. The highest BCUT2D eigenvalue weighted by Crippen LogP contribution is 2.15. The molecule has 2 aromatic carbocycles. The molecule has 24 heavy (non-hydrogen) atoms. The van der Waals surface area contributed by atoms with Crippen LogP contribution in [0.4, 0.5) is 16.2 Å². The fraction of sp³-hybridized carbons (Fsp3) is 0.0667. The zero-order valence-electron chi connectivity index (χ0n) is 12.4. The van der Waals surface area contributed by atoms with Crippen molar-refractivity contribution in [2.45, 2.75) is 0 Å². The number of para-hydroxylation sites is 1. The van der Waals surface area contributed by atoms with Gasteiger partial charge in [0.25, 0.3) is 11.6 Å². The summed E-state index contributed by atoms with van der Waals surface area (Å²) in [5, 5.41) is 12.9. The van der Waals surface area contributed by atoms with Gasteiger partial charge in [-0.15, -0.1) is 0 Å². The summed E-state index contributed by atoms with van der Waals surface area (Å²) in [6, 6.07) is 13.3. The number of amides is 3. The number of nitrogens with zero attached hydrogens (tertiary/aromatic N) is 1. The molecule has 3 N–H and O–H groups in total. The Balaban J connectivity index is 1.72. The van der Waals surface area contributed by atoms with Gasteiger partial charge in [0, 0.05) is 17.8 Å². The molecule has 0 atom stereocenters. The largest absolute Gasteiger partial charge is 0.484 e. The van der Waals surface area contributed by atoms with E-state index in [-0.39, 0.29) is 12.3 Å². The number of benzene rings is 2. The van der Waals surface area contributed by atoms with Crippen molar-refractivity contribution in [2.75, 3.05) is 11.9 Å². The van der Waals surface area contributed by atoms with Crippen molar-refractivity contribution in [3.63, 3.8) is 0 Å². The molecule has 0 unspecified atom stereocenters. The van der Waals surface area contributed by atoms with Gasteiger partial charge in [0.05, 0.1) is 4.92 Å². The third-order valence-corrected chi connectivity index (χ3v) is 2.76. The van der Waals surface area contributed by atoms with Crippen LogP contribution in [-0.2, 0) is 4.79 Å². The number of hydrogen-bond donors (Lipinski definition) is 3. The fourth-order valence-corrected chi connectivity index (χ4v) is 1.66. The van der Waals surface area contributed by atoms with Crippen molar-refractivity contribution in [1.29, 1.82) is 0 Å². The van der Waals surface area contributed by atoms with Gasteiger partial charge < -0.3 is 10.1 Å². The highest BCUT2D eigenvalue weighted by atomic mass is 16.6. The lowest BCUT2D eigenvalue weighted by Crippen LogP contribution is -2.45. The van der Waals surface area contributed by atoms with Crippen LogP contribution in [0, 0.1) is 10.1 Å². The molecule has 9 heteroatoms. The first kappa shape index (κ1) is 16.7. The van der Waals surface area contributed by atoms with Crippen LogP contribution in [0.25, 0.3) is 0 Å². The van der Waals surface area contributed by atoms with Gasteiger partial charge >= 0.3 is 6.03 Å². The number of hydrazine groups is 1. The van der Waals surface area contributed by atoms with E-state index in [1.807, 2.05) is 6.07 Å². The van der Waals surface area contributed by atoms with Crippen molar-refractivity contribution in [1.82, 2.24) is 10.9 Å². The van der Waals surface area contributed by atoms with Gasteiger partial charge in [-0.1, -0.05) is 18.2 Å². The Bertz CT molecular complexity index is 718. The Labute approximate surface area is 136 Å². The fourth-order valence-electron chi connectivity index (χ4n) is 1.66. The number of nitrogens with one attached hydrogen (secondary N) is 3. The first-order chi connectivity index (χ1) is 11.5. The van der Waals surface area contributed by atoms with E-state index in [1.165, 1.54) is 24.3 Å². The molecule has 2 aromatic rings. The molecule has 0 heterocycles. The standard InChI is InChI=1S/C15H14N4O5/c20-14(10-24-13-4-2-1-3-5-13)17-18-15(21)16-11-6-8-12(9-7-11)19(22)23/h1-9H,10H2,(H,17,20)(H2,16,18,21). The number of nitro groups is 1. The summed E-state index contributed by atoms with van der Waals surface area (Å²) in [6.45, 7) is -0.262. The predicted molar refractivity (Wildman–Crippen MR) is 85.3 cm³/mol. The third-order valence-electron chi connectivity index (χ3n) is 2.76. The zero-order valence-corrected chi connectivity index (χ0v) is 12.4. The van der Waals surface area contributed by atoms with Crippen molar-refractivity contribution < 1.29 is 19.2 Å². The van der Waals surface area contributed by atoms with Gasteiger partial charge in [0.1, 0.15) is 5.75 Å². The Morgan fingerprint density at radius 2 is 1.67 bits per heavy atom. The van der Waals surface area contributed by atoms with Crippen molar-refractivity contribution in [3.05, 3.63) is 64.7 Å². The lowest BCUT2D eigenvalue weighted by molar-refractivity contribution is -0.384. The van der Waals surface area contributed by atoms with Crippen LogP contribution in [0.2, 0.25) is 0 Å². The Hall–Kier alpha value is -3.62. The minimum absolute atomic E-state index is 0.0904. The molecule has 0 aliphatic carbocycles. The van der Waals surface area contributed by atoms with Crippen LogP contribution in [0.15, 0.2) is 54.6 Å². The number of rotatable bonds is 5. The second-order valence-corrected chi connectivity index (χ2v) is 4.53. The lowest BCUT2D eigenvalue weighted by Gasteiger charge is -2.09. The Kier molecular flexibility index (Phi) is 5.67. The van der Waals surface area contributed by atoms with Gasteiger partial charge in [0.15, 0.2) is 6.61 Å². The maximum Gasteiger partial charge on any atom is 0.337 e. The van der Waals surface area contributed by atoms with Crippen LogP contribution in [0.5, 0.6) is 5.75 Å². The Morgan fingerprint density at radius 3 is 2.29 bits per heavy atom. The van der Waals surface area contributed by atoms with E-state index in [2.05, 4.69) is 16.2 Å². The van der Waals surface area contributed by atoms with Crippen LogP contribution >= 0.6 is 0 Å². The molecule has 3 amide bonds. The molecule has 0 saturated carbocycles. The highest BCUT2D eigenvalue weighted by molar-refractivity contribution is 5.91. The normalized spacial score (nSPS) is 9.67. The van der Waals surface area contributed by atoms with Crippen LogP contribution in [0.3, 0.4) is 0 Å². The number of ether oxygens (including phenoxy) is 1. The molecule has 9 nitrogen and oxygen atoms in total. The first-order valence-corrected chi connectivity index (χ1v) is 6.83. The van der Waals surface area contributed by atoms with Gasteiger partial charge in [-0.05, 0) is 24.3 Å². The summed E-state index contributed by atoms with van der Waals surface area (Å²) < 4.78 is 5.21. The molecule has 0 aliphatic heterocycles. The highest BCUT2D eigenvalue weighted by Gasteiger charge is 2.08. The Morgan fingerprint density at radius 1 is 1.00 bits per heavy atom. The van der Waals surface area contributed by atoms with Crippen LogP contribution < -0.4 is 20.9 Å². The molecule has 0 aliphatic rings.